The molecule has 2 N–H and O–H groups in total. The highest BCUT2D eigenvalue weighted by Gasteiger charge is 2.31. The molecule has 2 amide bonds. The Bertz CT molecular complexity index is 757. The largest absolute Gasteiger partial charge is 0.508 e. The number of anilines is 1. The van der Waals surface area contributed by atoms with Crippen LogP contribution in [0.2, 0.25) is 0 Å². The zero-order valence-corrected chi connectivity index (χ0v) is 12.9. The standard InChI is InChI=1S/C17H14N2O3S/c20-13-8-6-11(7-9-13)17-19-16(22)14(23-17)10-15(21)18-12-4-2-1-3-5-12/h1-9,14,20H,10H2,(H,18,21)/t14-/m1/s1. The third kappa shape index (κ3) is 3.78. The van der Waals surface area contributed by atoms with Crippen molar-refractivity contribution in [2.75, 3.05) is 5.32 Å². The van der Waals surface area contributed by atoms with Gasteiger partial charge in [-0.15, -0.1) is 0 Å². The molecule has 0 fully saturated rings. The third-order valence-electron chi connectivity index (χ3n) is 3.28. The van der Waals surface area contributed by atoms with Crippen molar-refractivity contribution in [1.82, 2.24) is 0 Å². The molecule has 0 saturated heterocycles. The summed E-state index contributed by atoms with van der Waals surface area (Å²) in [5, 5.41) is 12.1. The van der Waals surface area contributed by atoms with Gasteiger partial charge in [0.25, 0.3) is 5.91 Å². The number of amides is 2. The van der Waals surface area contributed by atoms with Gasteiger partial charge >= 0.3 is 0 Å². The number of carbonyl (C=O) groups is 2. The van der Waals surface area contributed by atoms with Crippen LogP contribution >= 0.6 is 11.8 Å². The molecule has 1 aliphatic rings. The van der Waals surface area contributed by atoms with Gasteiger partial charge in [-0.25, -0.2) is 4.99 Å². The van der Waals surface area contributed by atoms with Crippen LogP contribution in [0.4, 0.5) is 5.69 Å². The van der Waals surface area contributed by atoms with Gasteiger partial charge in [-0.2, -0.15) is 0 Å². The quantitative estimate of drug-likeness (QED) is 0.905. The molecule has 1 atom stereocenters. The number of hydrogen-bond donors (Lipinski definition) is 2. The highest BCUT2D eigenvalue weighted by molar-refractivity contribution is 8.16. The lowest BCUT2D eigenvalue weighted by Gasteiger charge is -2.08. The molecule has 0 aromatic heterocycles. The fourth-order valence-corrected chi connectivity index (χ4v) is 3.22. The van der Waals surface area contributed by atoms with Gasteiger partial charge in [0.2, 0.25) is 5.91 Å². The molecule has 116 valence electrons. The van der Waals surface area contributed by atoms with Gasteiger partial charge in [0.05, 0.1) is 0 Å². The van der Waals surface area contributed by atoms with Gasteiger partial charge in [0.1, 0.15) is 16.0 Å². The van der Waals surface area contributed by atoms with E-state index >= 15 is 0 Å². The summed E-state index contributed by atoms with van der Waals surface area (Å²) >= 11 is 1.27. The molecule has 0 bridgehead atoms. The van der Waals surface area contributed by atoms with Crippen LogP contribution in [0, 0.1) is 0 Å². The number of rotatable bonds is 4. The van der Waals surface area contributed by atoms with Crippen molar-refractivity contribution in [3.05, 3.63) is 60.2 Å². The van der Waals surface area contributed by atoms with Crippen LogP contribution in [0.5, 0.6) is 5.75 Å². The van der Waals surface area contributed by atoms with Crippen LogP contribution in [-0.2, 0) is 9.59 Å². The number of phenols is 1. The lowest BCUT2D eigenvalue weighted by Crippen LogP contribution is -2.21. The van der Waals surface area contributed by atoms with Crippen LogP contribution in [0.15, 0.2) is 59.6 Å². The smallest absolute Gasteiger partial charge is 0.260 e. The highest BCUT2D eigenvalue weighted by atomic mass is 32.2. The second-order valence-electron chi connectivity index (χ2n) is 5.03. The molecule has 2 aromatic carbocycles. The maximum atomic E-state index is 12.0. The minimum absolute atomic E-state index is 0.0729. The van der Waals surface area contributed by atoms with Gasteiger partial charge in [-0.3, -0.25) is 9.59 Å². The number of carbonyl (C=O) groups excluding carboxylic acids is 2. The van der Waals surface area contributed by atoms with Crippen molar-refractivity contribution < 1.29 is 14.7 Å². The van der Waals surface area contributed by atoms with Crippen molar-refractivity contribution in [3.63, 3.8) is 0 Å². The zero-order chi connectivity index (χ0) is 16.2. The number of benzene rings is 2. The van der Waals surface area contributed by atoms with Gasteiger partial charge in [-0.1, -0.05) is 30.0 Å². The Labute approximate surface area is 137 Å². The Balaban J connectivity index is 1.61. The normalized spacial score (nSPS) is 17.0. The van der Waals surface area contributed by atoms with Crippen molar-refractivity contribution in [2.24, 2.45) is 4.99 Å². The fraction of sp³-hybridized carbons (Fsp3) is 0.118. The molecular formula is C17H14N2O3S. The van der Waals surface area contributed by atoms with E-state index in [9.17, 15) is 14.7 Å². The summed E-state index contributed by atoms with van der Waals surface area (Å²) in [5.74, 6) is -0.368. The lowest BCUT2D eigenvalue weighted by molar-refractivity contribution is -0.121. The molecule has 0 unspecified atom stereocenters. The summed E-state index contributed by atoms with van der Waals surface area (Å²) in [5.41, 5.74) is 1.46. The van der Waals surface area contributed by atoms with Crippen molar-refractivity contribution in [1.29, 1.82) is 0 Å². The lowest BCUT2D eigenvalue weighted by atomic mass is 10.2. The van der Waals surface area contributed by atoms with Crippen LogP contribution in [0.1, 0.15) is 12.0 Å². The molecule has 0 spiro atoms. The number of nitrogens with zero attached hydrogens (tertiary/aromatic N) is 1. The van der Waals surface area contributed by atoms with Gasteiger partial charge in [-0.05, 0) is 36.4 Å². The van der Waals surface area contributed by atoms with E-state index in [1.165, 1.54) is 11.8 Å². The molecule has 5 nitrogen and oxygen atoms in total. The summed E-state index contributed by atoms with van der Waals surface area (Å²) in [4.78, 5) is 28.0. The van der Waals surface area contributed by atoms with Crippen LogP contribution in [-0.4, -0.2) is 27.2 Å². The number of aromatic hydroxyl groups is 1. The molecule has 6 heteroatoms. The van der Waals surface area contributed by atoms with E-state index in [-0.39, 0.29) is 24.0 Å². The van der Waals surface area contributed by atoms with Crippen LogP contribution < -0.4 is 5.32 Å². The zero-order valence-electron chi connectivity index (χ0n) is 12.1. The Morgan fingerprint density at radius 2 is 1.83 bits per heavy atom. The molecule has 0 aliphatic carbocycles. The first-order chi connectivity index (χ1) is 11.1. The van der Waals surface area contributed by atoms with E-state index in [2.05, 4.69) is 10.3 Å². The van der Waals surface area contributed by atoms with E-state index in [0.717, 1.165) is 5.56 Å². The van der Waals surface area contributed by atoms with E-state index in [1.807, 2.05) is 18.2 Å². The Morgan fingerprint density at radius 3 is 2.52 bits per heavy atom. The monoisotopic (exact) mass is 326 g/mol. The summed E-state index contributed by atoms with van der Waals surface area (Å²) < 4.78 is 0. The first-order valence-corrected chi connectivity index (χ1v) is 7.93. The minimum atomic E-state index is -0.512. The number of phenolic OH excluding ortho intramolecular Hbond substituents is 1. The summed E-state index contributed by atoms with van der Waals surface area (Å²) in [6.45, 7) is 0. The first-order valence-electron chi connectivity index (χ1n) is 7.05. The molecule has 3 rings (SSSR count). The van der Waals surface area contributed by atoms with Gasteiger partial charge in [0.15, 0.2) is 0 Å². The van der Waals surface area contributed by atoms with Crippen LogP contribution in [0.25, 0.3) is 0 Å². The second-order valence-corrected chi connectivity index (χ2v) is 6.22. The van der Waals surface area contributed by atoms with Gasteiger partial charge < -0.3 is 10.4 Å². The molecule has 2 aromatic rings. The Kier molecular flexibility index (Phi) is 4.43. The second kappa shape index (κ2) is 6.66. The molecule has 1 heterocycles. The summed E-state index contributed by atoms with van der Waals surface area (Å²) in [7, 11) is 0. The number of nitrogens with one attached hydrogen (secondary N) is 1. The van der Waals surface area contributed by atoms with E-state index in [4.69, 9.17) is 0 Å². The molecule has 0 saturated carbocycles. The minimum Gasteiger partial charge on any atom is -0.508 e. The van der Waals surface area contributed by atoms with E-state index in [0.29, 0.717) is 10.7 Å². The maximum absolute atomic E-state index is 12.0. The SMILES string of the molecule is O=C(C[C@H]1SC(c2ccc(O)cc2)=NC1=O)Nc1ccccc1. The topological polar surface area (TPSA) is 78.8 Å². The predicted octanol–water partition coefficient (Wildman–Crippen LogP) is 2.81. The summed E-state index contributed by atoms with van der Waals surface area (Å²) in [6, 6.07) is 15.6. The van der Waals surface area contributed by atoms with Crippen LogP contribution in [0.3, 0.4) is 0 Å². The molecule has 23 heavy (non-hydrogen) atoms. The third-order valence-corrected chi connectivity index (χ3v) is 4.49. The van der Waals surface area contributed by atoms with Crippen molar-refractivity contribution in [3.8, 4) is 5.75 Å². The number of thioether (sulfide) groups is 1. The number of aliphatic imine (C=N–C) groups is 1. The fourth-order valence-electron chi connectivity index (χ4n) is 2.15. The average molecular weight is 326 g/mol. The average Bonchev–Trinajstić information content (AvgIpc) is 2.90. The summed E-state index contributed by atoms with van der Waals surface area (Å²) in [6.07, 6.45) is 0.0729. The highest BCUT2D eigenvalue weighted by Crippen LogP contribution is 2.29. The molecule has 0 radical (unpaired) electrons. The Morgan fingerprint density at radius 1 is 1.13 bits per heavy atom. The predicted molar refractivity (Wildman–Crippen MR) is 90.7 cm³/mol. The number of para-hydroxylation sites is 1. The Hall–Kier alpha value is -2.60. The van der Waals surface area contributed by atoms with Crippen molar-refractivity contribution >= 4 is 34.3 Å². The van der Waals surface area contributed by atoms with Gasteiger partial charge in [0, 0.05) is 17.7 Å². The van der Waals surface area contributed by atoms with E-state index < -0.39 is 5.25 Å². The van der Waals surface area contributed by atoms with E-state index in [1.54, 1.807) is 36.4 Å². The molecular weight excluding hydrogens is 312 g/mol. The maximum Gasteiger partial charge on any atom is 0.260 e. The number of hydrogen-bond acceptors (Lipinski definition) is 4. The first kappa shape index (κ1) is 15.3. The van der Waals surface area contributed by atoms with Crippen molar-refractivity contribution in [2.45, 2.75) is 11.7 Å². The molecule has 1 aliphatic heterocycles.